The van der Waals surface area contributed by atoms with Crippen LogP contribution in [0.3, 0.4) is 0 Å². The van der Waals surface area contributed by atoms with E-state index in [1.165, 1.54) is 23.3 Å². The summed E-state index contributed by atoms with van der Waals surface area (Å²) < 4.78 is 0. The third-order valence-electron chi connectivity index (χ3n) is 3.72. The largest absolute Gasteiger partial charge is 0.245 e. The van der Waals surface area contributed by atoms with Gasteiger partial charge >= 0.3 is 0 Å². The van der Waals surface area contributed by atoms with Crippen LogP contribution in [0.2, 0.25) is 5.02 Å². The van der Waals surface area contributed by atoms with Gasteiger partial charge in [0.15, 0.2) is 0 Å². The Morgan fingerprint density at radius 3 is 2.86 bits per heavy atom. The Morgan fingerprint density at radius 2 is 2.05 bits per heavy atom. The molecule has 0 saturated heterocycles. The van der Waals surface area contributed by atoms with Crippen LogP contribution in [0.25, 0.3) is 6.08 Å². The second kappa shape index (κ2) is 6.91. The maximum absolute atomic E-state index is 9.38. The molecule has 0 amide bonds. The maximum Gasteiger partial charge on any atom is 0.134 e. The van der Waals surface area contributed by atoms with Crippen LogP contribution in [0, 0.1) is 11.3 Å². The van der Waals surface area contributed by atoms with Crippen LogP contribution in [0.15, 0.2) is 35.3 Å². The van der Waals surface area contributed by atoms with Crippen LogP contribution in [-0.4, -0.2) is 6.21 Å². The zero-order valence-electron chi connectivity index (χ0n) is 12.1. The summed E-state index contributed by atoms with van der Waals surface area (Å²) in [5.74, 6) is 0. The number of halogens is 1. The number of aliphatic imine (C=N–C) groups is 1. The average molecular weight is 327 g/mol. The Bertz CT molecular complexity index is 781. The van der Waals surface area contributed by atoms with Crippen molar-refractivity contribution in [2.75, 3.05) is 0 Å². The summed E-state index contributed by atoms with van der Waals surface area (Å²) in [6.07, 6.45) is 10.0. The van der Waals surface area contributed by atoms with Crippen molar-refractivity contribution in [3.63, 3.8) is 0 Å². The molecule has 0 N–H and O–H groups in total. The number of fused-ring (bicyclic) bond motifs is 1. The summed E-state index contributed by atoms with van der Waals surface area (Å²) in [6, 6.07) is 9.99. The van der Waals surface area contributed by atoms with Gasteiger partial charge < -0.3 is 0 Å². The van der Waals surface area contributed by atoms with Crippen LogP contribution in [0.4, 0.5) is 5.00 Å². The lowest BCUT2D eigenvalue weighted by Crippen LogP contribution is -1.99. The predicted molar refractivity (Wildman–Crippen MR) is 94.3 cm³/mol. The maximum atomic E-state index is 9.38. The molecule has 3 rings (SSSR count). The van der Waals surface area contributed by atoms with Gasteiger partial charge in [-0.2, -0.15) is 5.26 Å². The second-order valence-corrected chi connectivity index (χ2v) is 6.65. The summed E-state index contributed by atoms with van der Waals surface area (Å²) in [5.41, 5.74) is 2.95. The van der Waals surface area contributed by atoms with Crippen LogP contribution in [0.5, 0.6) is 0 Å². The number of aryl methyl sites for hydroxylation is 1. The molecule has 0 aliphatic heterocycles. The number of benzene rings is 1. The molecule has 0 unspecified atom stereocenters. The van der Waals surface area contributed by atoms with Crippen molar-refractivity contribution in [1.82, 2.24) is 0 Å². The lowest BCUT2D eigenvalue weighted by Gasteiger charge is -2.09. The number of thiophene rings is 1. The minimum Gasteiger partial charge on any atom is -0.245 e. The zero-order chi connectivity index (χ0) is 15.4. The molecule has 110 valence electrons. The summed E-state index contributed by atoms with van der Waals surface area (Å²) >= 11 is 7.76. The van der Waals surface area contributed by atoms with E-state index in [1.54, 1.807) is 17.6 Å². The van der Waals surface area contributed by atoms with E-state index in [0.717, 1.165) is 34.0 Å². The molecule has 4 heteroatoms. The number of nitrogens with zero attached hydrogens (tertiary/aromatic N) is 2. The van der Waals surface area contributed by atoms with Crippen LogP contribution in [-0.2, 0) is 12.8 Å². The summed E-state index contributed by atoms with van der Waals surface area (Å²) in [6.45, 7) is 0. The SMILES string of the molecule is N#Cc1c(N=C/C=C/c2ccccc2Cl)sc2c1CCCC2. The molecule has 1 aromatic carbocycles. The molecular weight excluding hydrogens is 312 g/mol. The molecule has 2 nitrogen and oxygen atoms in total. The van der Waals surface area contributed by atoms with Gasteiger partial charge in [0.2, 0.25) is 0 Å². The quantitative estimate of drug-likeness (QED) is 0.679. The van der Waals surface area contributed by atoms with Crippen molar-refractivity contribution >= 4 is 40.2 Å². The van der Waals surface area contributed by atoms with Gasteiger partial charge in [0.1, 0.15) is 11.1 Å². The van der Waals surface area contributed by atoms with Gasteiger partial charge in [-0.25, -0.2) is 4.99 Å². The fourth-order valence-corrected chi connectivity index (χ4v) is 4.02. The van der Waals surface area contributed by atoms with E-state index in [-0.39, 0.29) is 0 Å². The molecule has 1 aromatic heterocycles. The molecule has 1 aliphatic carbocycles. The lowest BCUT2D eigenvalue weighted by atomic mass is 9.96. The standard InChI is InChI=1S/C18H15ClN2S/c19-16-9-3-1-6-13(16)7-5-11-21-18-15(12-20)14-8-2-4-10-17(14)22-18/h1,3,5-7,9,11H,2,4,8,10H2/b7-5+,21-11?. The van der Waals surface area contributed by atoms with Gasteiger partial charge in [-0.1, -0.05) is 35.9 Å². The number of hydrogen-bond donors (Lipinski definition) is 0. The van der Waals surface area contributed by atoms with Crippen molar-refractivity contribution in [2.45, 2.75) is 25.7 Å². The molecular formula is C18H15ClN2S. The number of allylic oxidation sites excluding steroid dienone is 1. The zero-order valence-corrected chi connectivity index (χ0v) is 13.6. The smallest absolute Gasteiger partial charge is 0.134 e. The highest BCUT2D eigenvalue weighted by Crippen LogP contribution is 2.39. The molecule has 0 fully saturated rings. The monoisotopic (exact) mass is 326 g/mol. The highest BCUT2D eigenvalue weighted by atomic mass is 35.5. The first-order valence-corrected chi connectivity index (χ1v) is 8.49. The van der Waals surface area contributed by atoms with Crippen LogP contribution >= 0.6 is 22.9 Å². The molecule has 0 spiro atoms. The fourth-order valence-electron chi connectivity index (χ4n) is 2.63. The Kier molecular flexibility index (Phi) is 4.72. The minimum absolute atomic E-state index is 0.719. The molecule has 1 heterocycles. The van der Waals surface area contributed by atoms with Gasteiger partial charge in [-0.05, 0) is 49.0 Å². The molecule has 0 atom stereocenters. The highest BCUT2D eigenvalue weighted by molar-refractivity contribution is 7.16. The van der Waals surface area contributed by atoms with Crippen LogP contribution in [0.1, 0.15) is 34.4 Å². The molecule has 22 heavy (non-hydrogen) atoms. The number of hydrogen-bond acceptors (Lipinski definition) is 3. The first kappa shape index (κ1) is 15.0. The van der Waals surface area contributed by atoms with Crippen molar-refractivity contribution in [1.29, 1.82) is 5.26 Å². The van der Waals surface area contributed by atoms with Crippen LogP contribution < -0.4 is 0 Å². The highest BCUT2D eigenvalue weighted by Gasteiger charge is 2.19. The van der Waals surface area contributed by atoms with Gasteiger partial charge in [-0.3, -0.25) is 0 Å². The van der Waals surface area contributed by atoms with Crippen molar-refractivity contribution in [3.8, 4) is 6.07 Å². The average Bonchev–Trinajstić information content (AvgIpc) is 2.90. The van der Waals surface area contributed by atoms with E-state index in [1.807, 2.05) is 36.4 Å². The number of rotatable bonds is 3. The molecule has 0 saturated carbocycles. The predicted octanol–water partition coefficient (Wildman–Crippen LogP) is 5.57. The Hall–Kier alpha value is -1.89. The van der Waals surface area contributed by atoms with Crippen molar-refractivity contribution in [3.05, 3.63) is 56.9 Å². The van der Waals surface area contributed by atoms with E-state index in [0.29, 0.717) is 0 Å². The molecule has 0 radical (unpaired) electrons. The summed E-state index contributed by atoms with van der Waals surface area (Å²) in [5, 5.41) is 10.9. The minimum atomic E-state index is 0.719. The van der Waals surface area contributed by atoms with E-state index < -0.39 is 0 Å². The van der Waals surface area contributed by atoms with E-state index in [2.05, 4.69) is 11.1 Å². The molecule has 2 aromatic rings. The first-order chi connectivity index (χ1) is 10.8. The van der Waals surface area contributed by atoms with E-state index in [9.17, 15) is 5.26 Å². The summed E-state index contributed by atoms with van der Waals surface area (Å²) in [4.78, 5) is 5.81. The summed E-state index contributed by atoms with van der Waals surface area (Å²) in [7, 11) is 0. The second-order valence-electron chi connectivity index (χ2n) is 5.16. The Balaban J connectivity index is 1.80. The first-order valence-electron chi connectivity index (χ1n) is 7.29. The Morgan fingerprint density at radius 1 is 1.23 bits per heavy atom. The van der Waals surface area contributed by atoms with Crippen molar-refractivity contribution in [2.24, 2.45) is 4.99 Å². The van der Waals surface area contributed by atoms with Crippen molar-refractivity contribution < 1.29 is 0 Å². The van der Waals surface area contributed by atoms with E-state index >= 15 is 0 Å². The number of nitriles is 1. The topological polar surface area (TPSA) is 36.1 Å². The van der Waals surface area contributed by atoms with Gasteiger partial charge in [0.05, 0.1) is 5.56 Å². The Labute approximate surface area is 139 Å². The third-order valence-corrected chi connectivity index (χ3v) is 5.27. The molecule has 0 bridgehead atoms. The van der Waals surface area contributed by atoms with Gasteiger partial charge in [0, 0.05) is 16.1 Å². The normalized spacial score (nSPS) is 14.4. The lowest BCUT2D eigenvalue weighted by molar-refractivity contribution is 0.696. The fraction of sp³-hybridized carbons (Fsp3) is 0.222. The van der Waals surface area contributed by atoms with E-state index in [4.69, 9.17) is 11.6 Å². The molecule has 1 aliphatic rings. The van der Waals surface area contributed by atoms with Gasteiger partial charge in [-0.15, -0.1) is 11.3 Å². The third kappa shape index (κ3) is 3.14. The van der Waals surface area contributed by atoms with Gasteiger partial charge in [0.25, 0.3) is 0 Å².